The Kier molecular flexibility index (Phi) is 6.35. The zero-order chi connectivity index (χ0) is 19.2. The van der Waals surface area contributed by atoms with Gasteiger partial charge in [-0.05, 0) is 30.7 Å². The molecule has 0 heterocycles. The van der Waals surface area contributed by atoms with E-state index >= 15 is 0 Å². The van der Waals surface area contributed by atoms with Crippen LogP contribution >= 0.6 is 0 Å². The van der Waals surface area contributed by atoms with Gasteiger partial charge in [0.15, 0.2) is 0 Å². The van der Waals surface area contributed by atoms with E-state index in [1.807, 2.05) is 0 Å². The van der Waals surface area contributed by atoms with Crippen molar-refractivity contribution in [2.45, 2.75) is 19.7 Å². The Morgan fingerprint density at radius 1 is 1.15 bits per heavy atom. The summed E-state index contributed by atoms with van der Waals surface area (Å²) in [5.74, 6) is -0.440. The Labute approximate surface area is 148 Å². The van der Waals surface area contributed by atoms with E-state index in [4.69, 9.17) is 4.84 Å². The maximum atomic E-state index is 12.8. The van der Waals surface area contributed by atoms with Crippen LogP contribution in [0.25, 0.3) is 0 Å². The van der Waals surface area contributed by atoms with Crippen molar-refractivity contribution in [1.82, 2.24) is 5.48 Å². The molecule has 0 aliphatic rings. The molecular formula is C18H17F3N2O3. The van der Waals surface area contributed by atoms with Crippen molar-refractivity contribution < 1.29 is 27.6 Å². The van der Waals surface area contributed by atoms with Gasteiger partial charge >= 0.3 is 6.18 Å². The van der Waals surface area contributed by atoms with Gasteiger partial charge in [-0.1, -0.05) is 35.5 Å². The fourth-order valence-corrected chi connectivity index (χ4v) is 2.19. The van der Waals surface area contributed by atoms with Crippen LogP contribution in [0.3, 0.4) is 0 Å². The number of rotatable bonds is 6. The summed E-state index contributed by atoms with van der Waals surface area (Å²) in [7, 11) is 1.32. The van der Waals surface area contributed by atoms with Crippen LogP contribution in [0.2, 0.25) is 0 Å². The lowest BCUT2D eigenvalue weighted by Gasteiger charge is -2.10. The molecule has 8 heteroatoms. The molecule has 2 aromatic carbocycles. The number of nitrogens with zero attached hydrogens (tertiary/aromatic N) is 1. The maximum absolute atomic E-state index is 12.8. The fraction of sp³-hybridized carbons (Fsp3) is 0.222. The van der Waals surface area contributed by atoms with Gasteiger partial charge in [0.1, 0.15) is 6.61 Å². The van der Waals surface area contributed by atoms with Crippen LogP contribution in [0, 0.1) is 0 Å². The van der Waals surface area contributed by atoms with E-state index in [2.05, 4.69) is 15.5 Å². The van der Waals surface area contributed by atoms with Crippen LogP contribution in [0.1, 0.15) is 34.0 Å². The number of hydroxylamine groups is 1. The molecule has 0 bridgehead atoms. The molecule has 0 radical (unpaired) electrons. The molecule has 138 valence electrons. The van der Waals surface area contributed by atoms with E-state index in [-0.39, 0.29) is 12.3 Å². The van der Waals surface area contributed by atoms with Crippen molar-refractivity contribution in [3.8, 4) is 0 Å². The summed E-state index contributed by atoms with van der Waals surface area (Å²) in [5, 5.41) is 3.85. The van der Waals surface area contributed by atoms with Gasteiger partial charge in [-0.25, -0.2) is 5.48 Å². The molecule has 0 saturated heterocycles. The van der Waals surface area contributed by atoms with E-state index in [0.29, 0.717) is 16.7 Å². The Bertz CT molecular complexity index is 804. The number of alkyl halides is 3. The monoisotopic (exact) mass is 366 g/mol. The third-order valence-electron chi connectivity index (χ3n) is 3.49. The zero-order valence-electron chi connectivity index (χ0n) is 14.1. The van der Waals surface area contributed by atoms with Crippen molar-refractivity contribution in [2.24, 2.45) is 5.16 Å². The van der Waals surface area contributed by atoms with E-state index in [9.17, 15) is 18.0 Å². The van der Waals surface area contributed by atoms with Crippen LogP contribution in [-0.4, -0.2) is 18.7 Å². The summed E-state index contributed by atoms with van der Waals surface area (Å²) in [6.07, 6.45) is -4.43. The minimum Gasteiger partial charge on any atom is -0.391 e. The molecule has 2 aromatic rings. The summed E-state index contributed by atoms with van der Waals surface area (Å²) >= 11 is 0. The molecule has 0 unspecified atom stereocenters. The quantitative estimate of drug-likeness (QED) is 0.622. The highest BCUT2D eigenvalue weighted by Gasteiger charge is 2.30. The molecule has 1 amide bonds. The number of nitrogens with one attached hydrogen (secondary N) is 1. The molecule has 1 N–H and O–H groups in total. The van der Waals surface area contributed by atoms with E-state index in [1.54, 1.807) is 31.2 Å². The highest BCUT2D eigenvalue weighted by molar-refractivity contribution is 5.98. The minimum absolute atomic E-state index is 0.0242. The smallest absolute Gasteiger partial charge is 0.391 e. The second kappa shape index (κ2) is 8.48. The topological polar surface area (TPSA) is 59.9 Å². The molecule has 0 atom stereocenters. The Balaban J connectivity index is 2.11. The molecule has 0 aromatic heterocycles. The molecule has 0 spiro atoms. The van der Waals surface area contributed by atoms with Crippen molar-refractivity contribution in [3.63, 3.8) is 0 Å². The van der Waals surface area contributed by atoms with Gasteiger partial charge in [0.25, 0.3) is 5.91 Å². The largest absolute Gasteiger partial charge is 0.416 e. The number of amides is 1. The van der Waals surface area contributed by atoms with Gasteiger partial charge in [0.2, 0.25) is 0 Å². The highest BCUT2D eigenvalue weighted by Crippen LogP contribution is 2.29. The van der Waals surface area contributed by atoms with Crippen LogP contribution in [0.5, 0.6) is 0 Å². The molecule has 0 fully saturated rings. The predicted octanol–water partition coefficient (Wildman–Crippen LogP) is 3.94. The van der Waals surface area contributed by atoms with E-state index < -0.39 is 17.6 Å². The van der Waals surface area contributed by atoms with Gasteiger partial charge in [-0.3, -0.25) is 9.63 Å². The fourth-order valence-electron chi connectivity index (χ4n) is 2.19. The molecule has 5 nitrogen and oxygen atoms in total. The number of carbonyl (C=O) groups is 1. The van der Waals surface area contributed by atoms with E-state index in [0.717, 1.165) is 12.1 Å². The summed E-state index contributed by atoms with van der Waals surface area (Å²) in [5.41, 5.74) is 2.94. The number of oxime groups is 1. The van der Waals surface area contributed by atoms with Gasteiger partial charge in [-0.2, -0.15) is 13.2 Å². The summed E-state index contributed by atoms with van der Waals surface area (Å²) < 4.78 is 38.3. The molecule has 2 rings (SSSR count). The summed E-state index contributed by atoms with van der Waals surface area (Å²) in [4.78, 5) is 21.7. The Morgan fingerprint density at radius 2 is 1.88 bits per heavy atom. The van der Waals surface area contributed by atoms with Crippen molar-refractivity contribution >= 4 is 11.6 Å². The zero-order valence-corrected chi connectivity index (χ0v) is 14.1. The van der Waals surface area contributed by atoms with Gasteiger partial charge in [0, 0.05) is 11.1 Å². The first kappa shape index (κ1) is 19.5. The normalized spacial score (nSPS) is 12.0. The molecular weight excluding hydrogens is 349 g/mol. The first-order valence-electron chi connectivity index (χ1n) is 7.58. The predicted molar refractivity (Wildman–Crippen MR) is 89.4 cm³/mol. The average Bonchev–Trinajstić information content (AvgIpc) is 2.61. The first-order chi connectivity index (χ1) is 12.3. The van der Waals surface area contributed by atoms with Crippen molar-refractivity contribution in [3.05, 3.63) is 70.8 Å². The highest BCUT2D eigenvalue weighted by atomic mass is 19.4. The van der Waals surface area contributed by atoms with Crippen LogP contribution < -0.4 is 5.48 Å². The first-order valence-corrected chi connectivity index (χ1v) is 7.58. The number of benzene rings is 2. The second-order valence-corrected chi connectivity index (χ2v) is 5.32. The van der Waals surface area contributed by atoms with Gasteiger partial charge in [-0.15, -0.1) is 0 Å². The van der Waals surface area contributed by atoms with Crippen LogP contribution in [-0.2, 0) is 22.5 Å². The molecule has 26 heavy (non-hydrogen) atoms. The Hall–Kier alpha value is -2.87. The molecule has 0 aliphatic heterocycles. The molecule has 0 saturated carbocycles. The maximum Gasteiger partial charge on any atom is 0.416 e. The SMILES string of the molecule is CONC(=O)c1ccccc1CON=C(C)c1cccc(C(F)(F)F)c1. The number of hydrogen-bond donors (Lipinski definition) is 1. The van der Waals surface area contributed by atoms with Gasteiger partial charge in [0.05, 0.1) is 18.4 Å². The number of hydrogen-bond acceptors (Lipinski definition) is 4. The Morgan fingerprint density at radius 3 is 2.58 bits per heavy atom. The number of carbonyl (C=O) groups excluding carboxylic acids is 1. The number of halogens is 3. The van der Waals surface area contributed by atoms with Gasteiger partial charge < -0.3 is 4.84 Å². The summed E-state index contributed by atoms with van der Waals surface area (Å²) in [6, 6.07) is 11.5. The summed E-state index contributed by atoms with van der Waals surface area (Å²) in [6.45, 7) is 1.52. The van der Waals surface area contributed by atoms with Crippen molar-refractivity contribution in [1.29, 1.82) is 0 Å². The van der Waals surface area contributed by atoms with E-state index in [1.165, 1.54) is 19.2 Å². The minimum atomic E-state index is -4.43. The third-order valence-corrected chi connectivity index (χ3v) is 3.49. The van der Waals surface area contributed by atoms with Crippen molar-refractivity contribution in [2.75, 3.05) is 7.11 Å². The second-order valence-electron chi connectivity index (χ2n) is 5.32. The molecule has 0 aliphatic carbocycles. The van der Waals surface area contributed by atoms with Crippen LogP contribution in [0.4, 0.5) is 13.2 Å². The lowest BCUT2D eigenvalue weighted by molar-refractivity contribution is -0.137. The standard InChI is InChI=1S/C18H17F3N2O3/c1-12(13-7-5-8-15(10-13)18(19,20)21)22-26-11-14-6-3-4-9-16(14)17(24)23-25-2/h3-10H,11H2,1-2H3,(H,23,24). The lowest BCUT2D eigenvalue weighted by Crippen LogP contribution is -2.23. The average molecular weight is 366 g/mol. The third kappa shape index (κ3) is 5.06. The lowest BCUT2D eigenvalue weighted by atomic mass is 10.1. The van der Waals surface area contributed by atoms with Crippen LogP contribution in [0.15, 0.2) is 53.7 Å².